The molecule has 0 amide bonds. The number of hydrogen-bond donors (Lipinski definition) is 0. The first-order chi connectivity index (χ1) is 9.52. The van der Waals surface area contributed by atoms with Gasteiger partial charge >= 0.3 is 12.1 Å². The molecule has 110 valence electrons. The van der Waals surface area contributed by atoms with E-state index in [1.165, 1.54) is 0 Å². The average molecular weight is 280 g/mol. The van der Waals surface area contributed by atoms with E-state index in [9.17, 15) is 9.59 Å². The third-order valence-corrected chi connectivity index (χ3v) is 2.54. The Kier molecular flexibility index (Phi) is 6.56. The predicted molar refractivity (Wildman–Crippen MR) is 73.5 cm³/mol. The van der Waals surface area contributed by atoms with Gasteiger partial charge in [-0.25, -0.2) is 9.59 Å². The Morgan fingerprint density at radius 2 is 1.65 bits per heavy atom. The summed E-state index contributed by atoms with van der Waals surface area (Å²) in [6.45, 7) is 5.45. The standard InChI is InChI=1S/C15H20O5/c1-4-18-15(17)20-12(3)10-11(2)19-14(16)13-8-6-5-7-9-13/h5-9,11-12H,4,10H2,1-3H3. The topological polar surface area (TPSA) is 61.8 Å². The van der Waals surface area contributed by atoms with Gasteiger partial charge in [0, 0.05) is 6.42 Å². The van der Waals surface area contributed by atoms with Gasteiger partial charge in [-0.3, -0.25) is 0 Å². The minimum atomic E-state index is -0.707. The second kappa shape index (κ2) is 8.19. The van der Waals surface area contributed by atoms with Crippen molar-refractivity contribution >= 4 is 12.1 Å². The van der Waals surface area contributed by atoms with E-state index >= 15 is 0 Å². The quantitative estimate of drug-likeness (QED) is 0.749. The summed E-state index contributed by atoms with van der Waals surface area (Å²) in [7, 11) is 0. The molecule has 0 aliphatic carbocycles. The van der Waals surface area contributed by atoms with Crippen LogP contribution < -0.4 is 0 Å². The zero-order valence-electron chi connectivity index (χ0n) is 12.0. The lowest BCUT2D eigenvalue weighted by atomic mass is 10.2. The van der Waals surface area contributed by atoms with Gasteiger partial charge in [0.05, 0.1) is 12.2 Å². The zero-order valence-corrected chi connectivity index (χ0v) is 12.0. The van der Waals surface area contributed by atoms with Crippen LogP contribution in [-0.2, 0) is 14.2 Å². The van der Waals surface area contributed by atoms with Crippen molar-refractivity contribution in [1.82, 2.24) is 0 Å². The SMILES string of the molecule is CCOC(=O)OC(C)CC(C)OC(=O)c1ccccc1. The van der Waals surface area contributed by atoms with E-state index in [0.29, 0.717) is 12.0 Å². The third kappa shape index (κ3) is 5.73. The molecule has 1 aromatic carbocycles. The molecule has 2 atom stereocenters. The first kappa shape index (κ1) is 16.0. The van der Waals surface area contributed by atoms with Crippen LogP contribution in [0.4, 0.5) is 4.79 Å². The summed E-state index contributed by atoms with van der Waals surface area (Å²) in [5, 5.41) is 0. The maximum Gasteiger partial charge on any atom is 0.508 e. The van der Waals surface area contributed by atoms with Crippen molar-refractivity contribution in [2.24, 2.45) is 0 Å². The largest absolute Gasteiger partial charge is 0.508 e. The smallest absolute Gasteiger partial charge is 0.459 e. The van der Waals surface area contributed by atoms with Crippen molar-refractivity contribution in [3.05, 3.63) is 35.9 Å². The van der Waals surface area contributed by atoms with E-state index in [-0.39, 0.29) is 24.8 Å². The van der Waals surface area contributed by atoms with Crippen LogP contribution in [0.1, 0.15) is 37.6 Å². The van der Waals surface area contributed by atoms with Gasteiger partial charge in [-0.1, -0.05) is 18.2 Å². The van der Waals surface area contributed by atoms with Crippen LogP contribution in [-0.4, -0.2) is 30.9 Å². The Morgan fingerprint density at radius 3 is 2.25 bits per heavy atom. The first-order valence-corrected chi connectivity index (χ1v) is 6.62. The minimum Gasteiger partial charge on any atom is -0.459 e. The lowest BCUT2D eigenvalue weighted by molar-refractivity contribution is 0.00175. The normalized spacial score (nSPS) is 13.2. The van der Waals surface area contributed by atoms with Crippen molar-refractivity contribution in [1.29, 1.82) is 0 Å². The molecule has 1 rings (SSSR count). The van der Waals surface area contributed by atoms with Crippen LogP contribution in [0.3, 0.4) is 0 Å². The molecular formula is C15H20O5. The Hall–Kier alpha value is -2.04. The van der Waals surface area contributed by atoms with Gasteiger partial charge in [0.15, 0.2) is 0 Å². The number of carbonyl (C=O) groups is 2. The molecule has 5 heteroatoms. The van der Waals surface area contributed by atoms with Crippen molar-refractivity contribution in [3.63, 3.8) is 0 Å². The molecule has 5 nitrogen and oxygen atoms in total. The summed E-state index contributed by atoms with van der Waals surface area (Å²) >= 11 is 0. The molecule has 2 unspecified atom stereocenters. The molecular weight excluding hydrogens is 260 g/mol. The summed E-state index contributed by atoms with van der Waals surface area (Å²) in [6, 6.07) is 8.75. The van der Waals surface area contributed by atoms with Crippen LogP contribution in [0.2, 0.25) is 0 Å². The molecule has 0 saturated heterocycles. The van der Waals surface area contributed by atoms with Gasteiger partial charge in [0.2, 0.25) is 0 Å². The highest BCUT2D eigenvalue weighted by atomic mass is 16.7. The van der Waals surface area contributed by atoms with Crippen LogP contribution in [0.5, 0.6) is 0 Å². The molecule has 0 saturated carbocycles. The van der Waals surface area contributed by atoms with Gasteiger partial charge in [-0.15, -0.1) is 0 Å². The van der Waals surface area contributed by atoms with Gasteiger partial charge < -0.3 is 14.2 Å². The molecule has 20 heavy (non-hydrogen) atoms. The highest BCUT2D eigenvalue weighted by Crippen LogP contribution is 2.10. The number of esters is 1. The fraction of sp³-hybridized carbons (Fsp3) is 0.467. The van der Waals surface area contributed by atoms with Crippen LogP contribution >= 0.6 is 0 Å². The minimum absolute atomic E-state index is 0.268. The number of hydrogen-bond acceptors (Lipinski definition) is 5. The number of ether oxygens (including phenoxy) is 3. The summed E-state index contributed by atoms with van der Waals surface area (Å²) in [5.41, 5.74) is 0.498. The Balaban J connectivity index is 2.38. The summed E-state index contributed by atoms with van der Waals surface area (Å²) < 4.78 is 14.9. The van der Waals surface area contributed by atoms with E-state index < -0.39 is 6.16 Å². The number of rotatable bonds is 6. The highest BCUT2D eigenvalue weighted by Gasteiger charge is 2.17. The van der Waals surface area contributed by atoms with Crippen molar-refractivity contribution < 1.29 is 23.8 Å². The van der Waals surface area contributed by atoms with Gasteiger partial charge in [-0.05, 0) is 32.9 Å². The predicted octanol–water partition coefficient (Wildman–Crippen LogP) is 3.18. The van der Waals surface area contributed by atoms with Crippen LogP contribution in [0.15, 0.2) is 30.3 Å². The Morgan fingerprint density at radius 1 is 1.05 bits per heavy atom. The monoisotopic (exact) mass is 280 g/mol. The summed E-state index contributed by atoms with van der Waals surface area (Å²) in [4.78, 5) is 22.9. The van der Waals surface area contributed by atoms with Gasteiger partial charge in [-0.2, -0.15) is 0 Å². The second-order valence-corrected chi connectivity index (χ2v) is 4.43. The van der Waals surface area contributed by atoms with E-state index in [0.717, 1.165) is 0 Å². The molecule has 0 heterocycles. The number of benzene rings is 1. The second-order valence-electron chi connectivity index (χ2n) is 4.43. The molecule has 1 aromatic rings. The summed E-state index contributed by atoms with van der Waals surface area (Å²) in [6.07, 6.45) is -1.03. The molecule has 0 aromatic heterocycles. The molecule has 0 bridgehead atoms. The molecule has 0 radical (unpaired) electrons. The molecule has 0 spiro atoms. The van der Waals surface area contributed by atoms with Crippen molar-refractivity contribution in [2.75, 3.05) is 6.61 Å². The van der Waals surface area contributed by atoms with E-state index in [1.54, 1.807) is 45.0 Å². The molecule has 0 N–H and O–H groups in total. The van der Waals surface area contributed by atoms with Crippen molar-refractivity contribution in [3.8, 4) is 0 Å². The van der Waals surface area contributed by atoms with E-state index in [1.807, 2.05) is 6.07 Å². The van der Waals surface area contributed by atoms with Gasteiger partial charge in [0.1, 0.15) is 12.2 Å². The number of carbonyl (C=O) groups excluding carboxylic acids is 2. The molecule has 0 aliphatic heterocycles. The average Bonchev–Trinajstić information content (AvgIpc) is 2.39. The van der Waals surface area contributed by atoms with E-state index in [2.05, 4.69) is 4.74 Å². The third-order valence-electron chi connectivity index (χ3n) is 2.54. The molecule has 0 aliphatic rings. The maximum atomic E-state index is 11.8. The lowest BCUT2D eigenvalue weighted by Gasteiger charge is -2.18. The Labute approximate surface area is 118 Å². The lowest BCUT2D eigenvalue weighted by Crippen LogP contribution is -2.24. The van der Waals surface area contributed by atoms with E-state index in [4.69, 9.17) is 9.47 Å². The zero-order chi connectivity index (χ0) is 15.0. The van der Waals surface area contributed by atoms with Crippen LogP contribution in [0.25, 0.3) is 0 Å². The fourth-order valence-corrected chi connectivity index (χ4v) is 1.70. The van der Waals surface area contributed by atoms with Gasteiger partial charge in [0.25, 0.3) is 0 Å². The maximum absolute atomic E-state index is 11.8. The fourth-order valence-electron chi connectivity index (χ4n) is 1.70. The first-order valence-electron chi connectivity index (χ1n) is 6.62. The Bertz CT molecular complexity index is 429. The van der Waals surface area contributed by atoms with Crippen molar-refractivity contribution in [2.45, 2.75) is 39.4 Å². The highest BCUT2D eigenvalue weighted by molar-refractivity contribution is 5.89. The van der Waals surface area contributed by atoms with Crippen LogP contribution in [0, 0.1) is 0 Å². The molecule has 0 fully saturated rings. The summed E-state index contributed by atoms with van der Waals surface area (Å²) in [5.74, 6) is -0.388.